The minimum absolute atomic E-state index is 0.275. The molecule has 0 aliphatic heterocycles. The lowest BCUT2D eigenvalue weighted by molar-refractivity contribution is 0.234. The van der Waals surface area contributed by atoms with Gasteiger partial charge < -0.3 is 5.73 Å². The quantitative estimate of drug-likeness (QED) is 0.774. The fourth-order valence-corrected chi connectivity index (χ4v) is 1.50. The van der Waals surface area contributed by atoms with Crippen LogP contribution in [0, 0.1) is 0 Å². The monoisotopic (exact) mass is 208 g/mol. The van der Waals surface area contributed by atoms with Crippen LogP contribution in [0.15, 0.2) is 23.4 Å². The zero-order chi connectivity index (χ0) is 10.1. The first-order valence-corrected chi connectivity index (χ1v) is 4.73. The fraction of sp³-hybridized carbons (Fsp3) is 0.167. The van der Waals surface area contributed by atoms with E-state index in [0.717, 1.165) is 6.20 Å². The standard InChI is InChI=1S/C6H6F2N2O2S/c7-6(8)13(11,12)5-4(9)2-1-3-10-5/h1-3,6H,9H2. The van der Waals surface area contributed by atoms with E-state index < -0.39 is 20.6 Å². The number of rotatable bonds is 2. The van der Waals surface area contributed by atoms with Crippen molar-refractivity contribution >= 4 is 15.5 Å². The van der Waals surface area contributed by atoms with Gasteiger partial charge in [0.15, 0.2) is 5.03 Å². The van der Waals surface area contributed by atoms with Crippen molar-refractivity contribution in [3.8, 4) is 0 Å². The average Bonchev–Trinajstić information content (AvgIpc) is 2.04. The Balaban J connectivity index is 3.32. The van der Waals surface area contributed by atoms with E-state index in [2.05, 4.69) is 4.98 Å². The molecular weight excluding hydrogens is 202 g/mol. The van der Waals surface area contributed by atoms with Crippen molar-refractivity contribution in [3.05, 3.63) is 18.3 Å². The molecule has 1 rings (SSSR count). The van der Waals surface area contributed by atoms with Gasteiger partial charge in [-0.2, -0.15) is 8.78 Å². The van der Waals surface area contributed by atoms with Crippen molar-refractivity contribution in [3.63, 3.8) is 0 Å². The Morgan fingerprint density at radius 2 is 2.08 bits per heavy atom. The zero-order valence-corrected chi connectivity index (χ0v) is 7.13. The summed E-state index contributed by atoms with van der Waals surface area (Å²) >= 11 is 0. The summed E-state index contributed by atoms with van der Waals surface area (Å²) in [6.07, 6.45) is 1.09. The number of nitrogens with two attached hydrogens (primary N) is 1. The highest BCUT2D eigenvalue weighted by Crippen LogP contribution is 2.20. The zero-order valence-electron chi connectivity index (χ0n) is 6.31. The second kappa shape index (κ2) is 3.25. The molecule has 0 aliphatic rings. The van der Waals surface area contributed by atoms with Crippen LogP contribution in [0.25, 0.3) is 0 Å². The molecule has 0 radical (unpaired) electrons. The van der Waals surface area contributed by atoms with Crippen LogP contribution in [0.1, 0.15) is 0 Å². The van der Waals surface area contributed by atoms with Gasteiger partial charge in [-0.3, -0.25) is 0 Å². The number of nitrogens with zero attached hydrogens (tertiary/aromatic N) is 1. The smallest absolute Gasteiger partial charge is 0.342 e. The Morgan fingerprint density at radius 1 is 1.46 bits per heavy atom. The number of anilines is 1. The third kappa shape index (κ3) is 1.74. The fourth-order valence-electron chi connectivity index (χ4n) is 0.725. The van der Waals surface area contributed by atoms with Gasteiger partial charge in [0.05, 0.1) is 5.69 Å². The number of halogens is 2. The van der Waals surface area contributed by atoms with Crippen LogP contribution in [0.3, 0.4) is 0 Å². The maximum Gasteiger partial charge on any atom is 0.342 e. The molecule has 0 saturated carbocycles. The molecule has 0 saturated heterocycles. The van der Waals surface area contributed by atoms with Crippen molar-refractivity contribution < 1.29 is 17.2 Å². The third-order valence-corrected chi connectivity index (χ3v) is 2.65. The number of pyridine rings is 1. The van der Waals surface area contributed by atoms with Crippen molar-refractivity contribution in [1.82, 2.24) is 4.98 Å². The predicted octanol–water partition coefficient (Wildman–Crippen LogP) is 0.660. The number of aromatic nitrogens is 1. The SMILES string of the molecule is Nc1cccnc1S(=O)(=O)C(F)F. The van der Waals surface area contributed by atoms with Crippen LogP contribution >= 0.6 is 0 Å². The Bertz CT molecular complexity index is 405. The van der Waals surface area contributed by atoms with Gasteiger partial charge in [0.2, 0.25) is 0 Å². The van der Waals surface area contributed by atoms with Crippen LogP contribution in [0.4, 0.5) is 14.5 Å². The molecule has 1 heterocycles. The molecule has 13 heavy (non-hydrogen) atoms. The minimum atomic E-state index is -4.68. The Labute approximate surface area is 73.3 Å². The lowest BCUT2D eigenvalue weighted by Gasteiger charge is -2.03. The minimum Gasteiger partial charge on any atom is -0.396 e. The summed E-state index contributed by atoms with van der Waals surface area (Å²) < 4.78 is 45.7. The van der Waals surface area contributed by atoms with Gasteiger partial charge in [0, 0.05) is 6.20 Å². The maximum absolute atomic E-state index is 12.0. The van der Waals surface area contributed by atoms with Crippen molar-refractivity contribution in [1.29, 1.82) is 0 Å². The number of sulfone groups is 1. The Kier molecular flexibility index (Phi) is 2.46. The van der Waals surface area contributed by atoms with Crippen LogP contribution in [-0.4, -0.2) is 19.2 Å². The molecule has 72 valence electrons. The third-order valence-electron chi connectivity index (χ3n) is 1.30. The van der Waals surface area contributed by atoms with Crippen LogP contribution in [0.5, 0.6) is 0 Å². The molecule has 0 spiro atoms. The summed E-state index contributed by atoms with van der Waals surface area (Å²) in [6.45, 7) is 0. The van der Waals surface area contributed by atoms with Crippen LogP contribution in [0.2, 0.25) is 0 Å². The summed E-state index contributed by atoms with van der Waals surface area (Å²) in [5.74, 6) is -3.50. The molecule has 0 atom stereocenters. The topological polar surface area (TPSA) is 73.0 Å². The Hall–Kier alpha value is -1.24. The van der Waals surface area contributed by atoms with Gasteiger partial charge in [-0.05, 0) is 12.1 Å². The van der Waals surface area contributed by atoms with Gasteiger partial charge in [-0.1, -0.05) is 0 Å². The van der Waals surface area contributed by atoms with Crippen LogP contribution in [-0.2, 0) is 9.84 Å². The first kappa shape index (κ1) is 9.85. The summed E-state index contributed by atoms with van der Waals surface area (Å²) in [5, 5.41) is -0.773. The van der Waals surface area contributed by atoms with Crippen LogP contribution < -0.4 is 5.73 Å². The van der Waals surface area contributed by atoms with Crippen molar-refractivity contribution in [2.45, 2.75) is 10.8 Å². The second-order valence-corrected chi connectivity index (χ2v) is 4.04. The normalized spacial score (nSPS) is 11.9. The highest BCUT2D eigenvalue weighted by molar-refractivity contribution is 7.91. The van der Waals surface area contributed by atoms with Gasteiger partial charge in [0.1, 0.15) is 0 Å². The van der Waals surface area contributed by atoms with E-state index >= 15 is 0 Å². The number of hydrogen-bond acceptors (Lipinski definition) is 4. The van der Waals surface area contributed by atoms with Crippen molar-refractivity contribution in [2.24, 2.45) is 0 Å². The van der Waals surface area contributed by atoms with Gasteiger partial charge >= 0.3 is 5.76 Å². The molecule has 4 nitrogen and oxygen atoms in total. The lowest BCUT2D eigenvalue weighted by atomic mass is 10.4. The number of hydrogen-bond donors (Lipinski definition) is 1. The molecule has 0 bridgehead atoms. The molecule has 0 unspecified atom stereocenters. The Morgan fingerprint density at radius 3 is 2.54 bits per heavy atom. The van der Waals surface area contributed by atoms with Gasteiger partial charge in [0.25, 0.3) is 9.84 Å². The highest BCUT2D eigenvalue weighted by atomic mass is 32.2. The largest absolute Gasteiger partial charge is 0.396 e. The van der Waals surface area contributed by atoms with E-state index in [4.69, 9.17) is 5.73 Å². The van der Waals surface area contributed by atoms with E-state index in [1.165, 1.54) is 12.1 Å². The summed E-state index contributed by atoms with van der Waals surface area (Å²) in [4.78, 5) is 3.28. The van der Waals surface area contributed by atoms with E-state index in [9.17, 15) is 17.2 Å². The van der Waals surface area contributed by atoms with E-state index in [0.29, 0.717) is 0 Å². The van der Waals surface area contributed by atoms with E-state index in [1.54, 1.807) is 0 Å². The first-order valence-electron chi connectivity index (χ1n) is 3.19. The molecule has 1 aromatic rings. The predicted molar refractivity (Wildman–Crippen MR) is 41.8 cm³/mol. The molecule has 2 N–H and O–H groups in total. The summed E-state index contributed by atoms with van der Waals surface area (Å²) in [5.41, 5.74) is 4.89. The second-order valence-electron chi connectivity index (χ2n) is 2.20. The molecule has 0 fully saturated rings. The molecule has 0 amide bonds. The number of nitrogen functional groups attached to an aromatic ring is 1. The van der Waals surface area contributed by atoms with Gasteiger partial charge in [-0.25, -0.2) is 13.4 Å². The molecule has 7 heteroatoms. The molecule has 0 aromatic carbocycles. The van der Waals surface area contributed by atoms with E-state index in [-0.39, 0.29) is 5.69 Å². The maximum atomic E-state index is 12.0. The lowest BCUT2D eigenvalue weighted by Crippen LogP contribution is -2.14. The number of alkyl halides is 2. The van der Waals surface area contributed by atoms with Gasteiger partial charge in [-0.15, -0.1) is 0 Å². The average molecular weight is 208 g/mol. The summed E-state index contributed by atoms with van der Waals surface area (Å²) in [7, 11) is -4.68. The first-order chi connectivity index (χ1) is 5.96. The highest BCUT2D eigenvalue weighted by Gasteiger charge is 2.29. The molecular formula is C6H6F2N2O2S. The molecule has 0 aliphatic carbocycles. The van der Waals surface area contributed by atoms with Crippen molar-refractivity contribution in [2.75, 3.05) is 5.73 Å². The molecule has 1 aromatic heterocycles. The van der Waals surface area contributed by atoms with E-state index in [1.807, 2.05) is 0 Å². The summed E-state index contributed by atoms with van der Waals surface area (Å²) in [6, 6.07) is 2.56.